The van der Waals surface area contributed by atoms with Crippen LogP contribution in [-0.2, 0) is 4.74 Å². The summed E-state index contributed by atoms with van der Waals surface area (Å²) in [4.78, 5) is 2.71. The summed E-state index contributed by atoms with van der Waals surface area (Å²) in [6.07, 6.45) is 10.3. The molecule has 0 bridgehead atoms. The van der Waals surface area contributed by atoms with Crippen molar-refractivity contribution < 1.29 is 4.74 Å². The molecule has 1 aliphatic heterocycles. The maximum Gasteiger partial charge on any atom is 0.0661 e. The van der Waals surface area contributed by atoms with E-state index < -0.39 is 0 Å². The summed E-state index contributed by atoms with van der Waals surface area (Å²) < 4.78 is 5.95. The summed E-state index contributed by atoms with van der Waals surface area (Å²) in [5.41, 5.74) is 0.531. The Bertz CT molecular complexity index is 338. The number of rotatable bonds is 5. The molecule has 0 aromatic carbocycles. The lowest BCUT2D eigenvalue weighted by Crippen LogP contribution is -2.68. The number of hydrogen-bond acceptors (Lipinski definition) is 3. The van der Waals surface area contributed by atoms with Crippen molar-refractivity contribution in [2.24, 2.45) is 5.41 Å². The van der Waals surface area contributed by atoms with Crippen LogP contribution in [0.1, 0.15) is 51.9 Å². The molecule has 4 fully saturated rings. The Morgan fingerprint density at radius 3 is 2.74 bits per heavy atom. The highest BCUT2D eigenvalue weighted by molar-refractivity contribution is 5.13. The molecule has 3 heteroatoms. The molecular weight excluding hydrogens is 236 g/mol. The molecule has 3 nitrogen and oxygen atoms in total. The summed E-state index contributed by atoms with van der Waals surface area (Å²) in [6, 6.07) is 2.45. The predicted molar refractivity (Wildman–Crippen MR) is 76.2 cm³/mol. The van der Waals surface area contributed by atoms with Gasteiger partial charge in [0.2, 0.25) is 0 Å². The third-order valence-corrected chi connectivity index (χ3v) is 6.16. The summed E-state index contributed by atoms with van der Waals surface area (Å²) in [6.45, 7) is 5.66. The van der Waals surface area contributed by atoms with Gasteiger partial charge in [-0.15, -0.1) is 0 Å². The van der Waals surface area contributed by atoms with E-state index in [2.05, 4.69) is 17.1 Å². The summed E-state index contributed by atoms with van der Waals surface area (Å²) in [5, 5.41) is 3.99. The highest BCUT2D eigenvalue weighted by Crippen LogP contribution is 2.57. The van der Waals surface area contributed by atoms with Gasteiger partial charge in [-0.05, 0) is 45.4 Å². The molecule has 3 saturated carbocycles. The highest BCUT2D eigenvalue weighted by Gasteiger charge is 2.59. The van der Waals surface area contributed by atoms with Gasteiger partial charge < -0.3 is 10.1 Å². The Hall–Kier alpha value is -0.120. The van der Waals surface area contributed by atoms with Gasteiger partial charge in [-0.2, -0.15) is 0 Å². The second-order valence-electron chi connectivity index (χ2n) is 7.20. The minimum absolute atomic E-state index is 0.531. The molecule has 19 heavy (non-hydrogen) atoms. The minimum Gasteiger partial charge on any atom is -0.378 e. The smallest absolute Gasteiger partial charge is 0.0661 e. The largest absolute Gasteiger partial charge is 0.378 e. The van der Waals surface area contributed by atoms with Crippen molar-refractivity contribution in [3.05, 3.63) is 0 Å². The van der Waals surface area contributed by atoms with Crippen LogP contribution < -0.4 is 5.32 Å². The fourth-order valence-electron chi connectivity index (χ4n) is 4.65. The molecule has 0 aromatic heterocycles. The highest BCUT2D eigenvalue weighted by atomic mass is 16.5. The first kappa shape index (κ1) is 12.6. The van der Waals surface area contributed by atoms with E-state index in [1.807, 2.05) is 0 Å². The van der Waals surface area contributed by atoms with Gasteiger partial charge in [0.05, 0.1) is 6.10 Å². The third kappa shape index (κ3) is 2.05. The second-order valence-corrected chi connectivity index (χ2v) is 7.20. The van der Waals surface area contributed by atoms with Crippen molar-refractivity contribution >= 4 is 0 Å². The summed E-state index contributed by atoms with van der Waals surface area (Å²) >= 11 is 0. The first-order valence-corrected chi connectivity index (χ1v) is 8.43. The van der Waals surface area contributed by atoms with Crippen LogP contribution in [0.3, 0.4) is 0 Å². The van der Waals surface area contributed by atoms with Gasteiger partial charge in [-0.25, -0.2) is 0 Å². The molecule has 1 spiro atoms. The van der Waals surface area contributed by atoms with E-state index in [1.165, 1.54) is 58.0 Å². The van der Waals surface area contributed by atoms with Crippen LogP contribution in [0.5, 0.6) is 0 Å². The van der Waals surface area contributed by atoms with E-state index in [9.17, 15) is 0 Å². The molecule has 108 valence electrons. The Balaban J connectivity index is 1.31. The molecule has 4 aliphatic rings. The summed E-state index contributed by atoms with van der Waals surface area (Å²) in [7, 11) is 0. The molecule has 3 unspecified atom stereocenters. The Morgan fingerprint density at radius 2 is 2.11 bits per heavy atom. The molecule has 3 aliphatic carbocycles. The van der Waals surface area contributed by atoms with Crippen molar-refractivity contribution in [2.75, 3.05) is 19.7 Å². The molecule has 0 aromatic rings. The van der Waals surface area contributed by atoms with Crippen LogP contribution in [0.25, 0.3) is 0 Å². The van der Waals surface area contributed by atoms with Gasteiger partial charge in [-0.3, -0.25) is 4.90 Å². The van der Waals surface area contributed by atoms with Crippen molar-refractivity contribution in [3.63, 3.8) is 0 Å². The molecule has 0 radical (unpaired) electrons. The minimum atomic E-state index is 0.531. The van der Waals surface area contributed by atoms with Crippen LogP contribution in [0.2, 0.25) is 0 Å². The van der Waals surface area contributed by atoms with Crippen LogP contribution in [0.15, 0.2) is 0 Å². The number of hydrogen-bond donors (Lipinski definition) is 1. The number of likely N-dealkylation sites (tertiary alicyclic amines) is 1. The molecule has 3 atom stereocenters. The lowest BCUT2D eigenvalue weighted by atomic mass is 9.51. The number of ether oxygens (including phenoxy) is 1. The van der Waals surface area contributed by atoms with E-state index in [-0.39, 0.29) is 0 Å². The quantitative estimate of drug-likeness (QED) is 0.823. The molecule has 1 saturated heterocycles. The fraction of sp³-hybridized carbons (Fsp3) is 1.00. The average Bonchev–Trinajstić information content (AvgIpc) is 3.06. The topological polar surface area (TPSA) is 24.5 Å². The maximum absolute atomic E-state index is 5.95. The van der Waals surface area contributed by atoms with Crippen molar-refractivity contribution in [2.45, 2.75) is 76.1 Å². The standard InChI is InChI=1S/C16H28N2O/c1-2-19-15-10-14(16(15)7-3-8-16)17-12-6-9-18(11-12)13-4-5-13/h12-15,17H,2-11H2,1H3. The summed E-state index contributed by atoms with van der Waals surface area (Å²) in [5.74, 6) is 0. The zero-order valence-corrected chi connectivity index (χ0v) is 12.2. The lowest BCUT2D eigenvalue weighted by Gasteiger charge is -2.61. The average molecular weight is 264 g/mol. The van der Waals surface area contributed by atoms with E-state index >= 15 is 0 Å². The van der Waals surface area contributed by atoms with E-state index in [0.29, 0.717) is 11.5 Å². The van der Waals surface area contributed by atoms with Crippen LogP contribution in [-0.4, -0.2) is 48.8 Å². The monoisotopic (exact) mass is 264 g/mol. The van der Waals surface area contributed by atoms with E-state index in [1.54, 1.807) is 0 Å². The fourth-order valence-corrected chi connectivity index (χ4v) is 4.65. The van der Waals surface area contributed by atoms with Crippen molar-refractivity contribution in [1.82, 2.24) is 10.2 Å². The van der Waals surface area contributed by atoms with Crippen molar-refractivity contribution in [3.8, 4) is 0 Å². The van der Waals surface area contributed by atoms with Gasteiger partial charge in [0.1, 0.15) is 0 Å². The zero-order valence-electron chi connectivity index (χ0n) is 12.2. The first-order valence-electron chi connectivity index (χ1n) is 8.43. The lowest BCUT2D eigenvalue weighted by molar-refractivity contribution is -0.174. The van der Waals surface area contributed by atoms with Gasteiger partial charge in [-0.1, -0.05) is 6.42 Å². The Labute approximate surface area is 117 Å². The first-order chi connectivity index (χ1) is 9.32. The molecule has 1 heterocycles. The SMILES string of the molecule is CCOC1CC(NC2CCN(C3CC3)C2)C12CCC2. The van der Waals surface area contributed by atoms with Crippen LogP contribution >= 0.6 is 0 Å². The van der Waals surface area contributed by atoms with Crippen LogP contribution in [0.4, 0.5) is 0 Å². The van der Waals surface area contributed by atoms with E-state index in [0.717, 1.165) is 24.7 Å². The number of nitrogens with zero attached hydrogens (tertiary/aromatic N) is 1. The predicted octanol–water partition coefficient (Wildman–Crippen LogP) is 2.16. The Kier molecular flexibility index (Phi) is 3.13. The normalized spacial score (nSPS) is 41.2. The number of nitrogens with one attached hydrogen (secondary N) is 1. The third-order valence-electron chi connectivity index (χ3n) is 6.16. The van der Waals surface area contributed by atoms with Crippen LogP contribution in [0, 0.1) is 5.41 Å². The molecule has 1 N–H and O–H groups in total. The van der Waals surface area contributed by atoms with Gasteiger partial charge in [0.25, 0.3) is 0 Å². The maximum atomic E-state index is 5.95. The van der Waals surface area contributed by atoms with Gasteiger partial charge in [0, 0.05) is 43.2 Å². The van der Waals surface area contributed by atoms with Crippen molar-refractivity contribution in [1.29, 1.82) is 0 Å². The van der Waals surface area contributed by atoms with Gasteiger partial charge in [0.15, 0.2) is 0 Å². The molecular formula is C16H28N2O. The van der Waals surface area contributed by atoms with Gasteiger partial charge >= 0.3 is 0 Å². The molecule has 4 rings (SSSR count). The second kappa shape index (κ2) is 4.71. The zero-order chi connectivity index (χ0) is 12.9. The van der Waals surface area contributed by atoms with E-state index in [4.69, 9.17) is 4.74 Å². The molecule has 0 amide bonds. The Morgan fingerprint density at radius 1 is 1.26 bits per heavy atom.